The summed E-state index contributed by atoms with van der Waals surface area (Å²) in [6, 6.07) is 12.8. The van der Waals surface area contributed by atoms with Gasteiger partial charge in [0.15, 0.2) is 0 Å². The van der Waals surface area contributed by atoms with Gasteiger partial charge in [-0.15, -0.1) is 0 Å². The number of anilines is 2. The number of aryl methyl sites for hydroxylation is 2. The molecule has 1 unspecified atom stereocenters. The van der Waals surface area contributed by atoms with Gasteiger partial charge < -0.3 is 16.0 Å². The fraction of sp³-hybridized carbons (Fsp3) is 0.348. The molecule has 0 saturated carbocycles. The van der Waals surface area contributed by atoms with Crippen LogP contribution in [0.3, 0.4) is 0 Å². The minimum absolute atomic E-state index is 0.206. The molecule has 1 atom stereocenters. The molecule has 0 aromatic heterocycles. The predicted octanol–water partition coefficient (Wildman–Crippen LogP) is 3.73. The second kappa shape index (κ2) is 9.37. The third-order valence-electron chi connectivity index (χ3n) is 5.14. The molecule has 1 aliphatic carbocycles. The Labute approximate surface area is 171 Å². The summed E-state index contributed by atoms with van der Waals surface area (Å²) < 4.78 is 0. The van der Waals surface area contributed by atoms with Gasteiger partial charge in [0.1, 0.15) is 0 Å². The van der Waals surface area contributed by atoms with Crippen LogP contribution in [0.5, 0.6) is 0 Å². The number of benzene rings is 2. The first-order valence-electron chi connectivity index (χ1n) is 10.1. The maximum atomic E-state index is 12.4. The highest BCUT2D eigenvalue weighted by atomic mass is 16.2. The lowest BCUT2D eigenvalue weighted by molar-refractivity contribution is -0.136. The summed E-state index contributed by atoms with van der Waals surface area (Å²) in [5.74, 6) is -1.62. The van der Waals surface area contributed by atoms with E-state index in [9.17, 15) is 14.4 Å². The molecule has 0 radical (unpaired) electrons. The first-order chi connectivity index (χ1) is 14.0. The summed E-state index contributed by atoms with van der Waals surface area (Å²) in [5, 5.41) is 8.06. The smallest absolute Gasteiger partial charge is 0.313 e. The van der Waals surface area contributed by atoms with Crippen LogP contribution in [-0.4, -0.2) is 17.7 Å². The van der Waals surface area contributed by atoms with Crippen LogP contribution in [0.1, 0.15) is 55.8 Å². The average Bonchev–Trinajstić information content (AvgIpc) is 2.71. The van der Waals surface area contributed by atoms with Crippen molar-refractivity contribution in [2.75, 3.05) is 10.6 Å². The van der Waals surface area contributed by atoms with Gasteiger partial charge in [-0.3, -0.25) is 14.4 Å². The summed E-state index contributed by atoms with van der Waals surface area (Å²) >= 11 is 0. The van der Waals surface area contributed by atoms with Crippen molar-refractivity contribution < 1.29 is 14.4 Å². The minimum Gasteiger partial charge on any atom is -0.341 e. The van der Waals surface area contributed by atoms with Gasteiger partial charge in [-0.25, -0.2) is 0 Å². The van der Waals surface area contributed by atoms with Crippen LogP contribution >= 0.6 is 0 Å². The Hall–Kier alpha value is -3.15. The highest BCUT2D eigenvalue weighted by molar-refractivity contribution is 6.39. The van der Waals surface area contributed by atoms with E-state index < -0.39 is 11.8 Å². The number of fused-ring (bicyclic) bond motifs is 1. The quantitative estimate of drug-likeness (QED) is 0.677. The third-order valence-corrected chi connectivity index (χ3v) is 5.14. The van der Waals surface area contributed by atoms with Crippen LogP contribution in [0.25, 0.3) is 0 Å². The largest absolute Gasteiger partial charge is 0.341 e. The van der Waals surface area contributed by atoms with Crippen LogP contribution < -0.4 is 16.0 Å². The molecule has 6 nitrogen and oxygen atoms in total. The zero-order chi connectivity index (χ0) is 20.8. The predicted molar refractivity (Wildman–Crippen MR) is 114 cm³/mol. The van der Waals surface area contributed by atoms with Crippen molar-refractivity contribution in [3.8, 4) is 0 Å². The third kappa shape index (κ3) is 5.44. The van der Waals surface area contributed by atoms with Crippen molar-refractivity contribution in [1.82, 2.24) is 5.32 Å². The summed E-state index contributed by atoms with van der Waals surface area (Å²) in [6.07, 6.45) is 5.29. The molecule has 3 N–H and O–H groups in total. The number of hydrogen-bond acceptors (Lipinski definition) is 3. The van der Waals surface area contributed by atoms with Gasteiger partial charge in [-0.05, 0) is 67.0 Å². The van der Waals surface area contributed by atoms with Crippen LogP contribution in [-0.2, 0) is 27.2 Å². The maximum absolute atomic E-state index is 12.4. The van der Waals surface area contributed by atoms with E-state index in [0.29, 0.717) is 17.8 Å². The summed E-state index contributed by atoms with van der Waals surface area (Å²) in [6.45, 7) is 3.39. The summed E-state index contributed by atoms with van der Waals surface area (Å²) in [5.41, 5.74) is 4.76. The fourth-order valence-corrected chi connectivity index (χ4v) is 3.68. The lowest BCUT2D eigenvalue weighted by atomic mass is 9.89. The lowest BCUT2D eigenvalue weighted by Crippen LogP contribution is -2.37. The Morgan fingerprint density at radius 2 is 1.59 bits per heavy atom. The van der Waals surface area contributed by atoms with Gasteiger partial charge in [-0.1, -0.05) is 31.2 Å². The molecule has 29 heavy (non-hydrogen) atoms. The van der Waals surface area contributed by atoms with Crippen LogP contribution in [0.15, 0.2) is 42.5 Å². The second-order valence-electron chi connectivity index (χ2n) is 7.39. The molecule has 3 amide bonds. The lowest BCUT2D eigenvalue weighted by Gasteiger charge is -2.21. The molecule has 2 aromatic carbocycles. The van der Waals surface area contributed by atoms with E-state index in [-0.39, 0.29) is 11.9 Å². The molecule has 2 aromatic rings. The number of carbonyl (C=O) groups is 3. The molecule has 0 spiro atoms. The van der Waals surface area contributed by atoms with Crippen LogP contribution in [0.2, 0.25) is 0 Å². The van der Waals surface area contributed by atoms with E-state index in [1.165, 1.54) is 30.9 Å². The fourth-order valence-electron chi connectivity index (χ4n) is 3.68. The molecule has 0 bridgehead atoms. The summed E-state index contributed by atoms with van der Waals surface area (Å²) in [4.78, 5) is 36.0. The Kier molecular flexibility index (Phi) is 6.65. The van der Waals surface area contributed by atoms with Crippen molar-refractivity contribution in [1.29, 1.82) is 0 Å². The molecule has 6 heteroatoms. The van der Waals surface area contributed by atoms with Crippen molar-refractivity contribution in [2.45, 2.75) is 52.0 Å². The molecular weight excluding hydrogens is 366 g/mol. The van der Waals surface area contributed by atoms with Crippen molar-refractivity contribution in [3.05, 3.63) is 59.2 Å². The Balaban J connectivity index is 1.65. The van der Waals surface area contributed by atoms with E-state index in [0.717, 1.165) is 18.4 Å². The molecule has 0 saturated heterocycles. The molecule has 3 rings (SSSR count). The van der Waals surface area contributed by atoms with Gasteiger partial charge in [0.25, 0.3) is 0 Å². The van der Waals surface area contributed by atoms with Crippen LogP contribution in [0.4, 0.5) is 11.4 Å². The molecular formula is C23H27N3O3. The molecule has 152 valence electrons. The maximum Gasteiger partial charge on any atom is 0.313 e. The highest BCUT2D eigenvalue weighted by Gasteiger charge is 2.20. The number of carbonyl (C=O) groups excluding carboxylic acids is 3. The van der Waals surface area contributed by atoms with Gasteiger partial charge in [0.05, 0.1) is 6.04 Å². The second-order valence-corrected chi connectivity index (χ2v) is 7.39. The number of nitrogens with one attached hydrogen (secondary N) is 3. The van der Waals surface area contributed by atoms with E-state index in [2.05, 4.69) is 28.1 Å². The molecule has 0 aliphatic heterocycles. The van der Waals surface area contributed by atoms with Crippen molar-refractivity contribution in [3.63, 3.8) is 0 Å². The first kappa shape index (κ1) is 20.6. The highest BCUT2D eigenvalue weighted by Crippen LogP contribution is 2.26. The van der Waals surface area contributed by atoms with Gasteiger partial charge in [-0.2, -0.15) is 0 Å². The van der Waals surface area contributed by atoms with Crippen LogP contribution in [0, 0.1) is 0 Å². The SMILES string of the molecule is CCC(NC(=O)C(=O)Nc1cccc(NC(C)=O)c1)c1ccc2c(c1)CCCC2. The first-order valence-corrected chi connectivity index (χ1v) is 10.1. The molecule has 1 aliphatic rings. The normalized spacial score (nSPS) is 13.7. The monoisotopic (exact) mass is 393 g/mol. The van der Waals surface area contributed by atoms with Crippen molar-refractivity contribution in [2.24, 2.45) is 0 Å². The van der Waals surface area contributed by atoms with Gasteiger partial charge in [0.2, 0.25) is 5.91 Å². The minimum atomic E-state index is -0.735. The molecule has 0 fully saturated rings. The van der Waals surface area contributed by atoms with E-state index in [1.54, 1.807) is 24.3 Å². The number of amides is 3. The summed E-state index contributed by atoms with van der Waals surface area (Å²) in [7, 11) is 0. The van der Waals surface area contributed by atoms with E-state index in [1.807, 2.05) is 13.0 Å². The number of rotatable bonds is 5. The number of hydrogen-bond donors (Lipinski definition) is 3. The average molecular weight is 393 g/mol. The zero-order valence-corrected chi connectivity index (χ0v) is 16.9. The molecule has 0 heterocycles. The zero-order valence-electron chi connectivity index (χ0n) is 16.9. The van der Waals surface area contributed by atoms with Gasteiger partial charge >= 0.3 is 11.8 Å². The van der Waals surface area contributed by atoms with Crippen molar-refractivity contribution >= 4 is 29.1 Å². The van der Waals surface area contributed by atoms with E-state index in [4.69, 9.17) is 0 Å². The van der Waals surface area contributed by atoms with E-state index >= 15 is 0 Å². The Morgan fingerprint density at radius 1 is 0.897 bits per heavy atom. The Bertz CT molecular complexity index is 923. The Morgan fingerprint density at radius 3 is 2.28 bits per heavy atom. The van der Waals surface area contributed by atoms with Gasteiger partial charge in [0, 0.05) is 18.3 Å². The topological polar surface area (TPSA) is 87.3 Å². The standard InChI is InChI=1S/C23H27N3O3/c1-3-21(18-12-11-16-7-4-5-8-17(16)13-18)26-23(29)22(28)25-20-10-6-9-19(14-20)24-15(2)27/h6,9-14,21H,3-5,7-8H2,1-2H3,(H,24,27)(H,25,28)(H,26,29).